The van der Waals surface area contributed by atoms with Crippen LogP contribution in [0, 0.1) is 6.92 Å². The monoisotopic (exact) mass is 321 g/mol. The van der Waals surface area contributed by atoms with Gasteiger partial charge in [0.15, 0.2) is 0 Å². The molecule has 2 N–H and O–H groups in total. The Bertz CT molecular complexity index is 796. The first-order chi connectivity index (χ1) is 11.7. The van der Waals surface area contributed by atoms with Crippen molar-refractivity contribution < 1.29 is 4.74 Å². The highest BCUT2D eigenvalue weighted by Gasteiger charge is 2.22. The maximum absolute atomic E-state index is 6.16. The van der Waals surface area contributed by atoms with E-state index in [4.69, 9.17) is 10.5 Å². The smallest absolute Gasteiger partial charge is 0.123 e. The number of aryl methyl sites for hydroxylation is 1. The Morgan fingerprint density at radius 2 is 1.79 bits per heavy atom. The van der Waals surface area contributed by atoms with Crippen LogP contribution in [0.2, 0.25) is 0 Å². The SMILES string of the molecule is CCOc1ccccc1C(CN)c1cc(C)nn1-c1ccccc1. The maximum atomic E-state index is 6.16. The summed E-state index contributed by atoms with van der Waals surface area (Å²) in [7, 11) is 0. The number of para-hydroxylation sites is 2. The molecule has 0 spiro atoms. The number of nitrogens with two attached hydrogens (primary N) is 1. The Hall–Kier alpha value is -2.59. The third-order valence-electron chi connectivity index (χ3n) is 4.05. The van der Waals surface area contributed by atoms with E-state index < -0.39 is 0 Å². The molecule has 1 atom stereocenters. The van der Waals surface area contributed by atoms with Gasteiger partial charge in [0.2, 0.25) is 0 Å². The normalized spacial score (nSPS) is 12.1. The molecule has 3 aromatic rings. The van der Waals surface area contributed by atoms with Crippen molar-refractivity contribution in [1.29, 1.82) is 0 Å². The van der Waals surface area contributed by atoms with Crippen LogP contribution < -0.4 is 10.5 Å². The zero-order valence-corrected chi connectivity index (χ0v) is 14.1. The van der Waals surface area contributed by atoms with Gasteiger partial charge in [-0.3, -0.25) is 0 Å². The lowest BCUT2D eigenvalue weighted by atomic mass is 9.94. The molecule has 124 valence electrons. The average Bonchev–Trinajstić information content (AvgIpc) is 3.00. The summed E-state index contributed by atoms with van der Waals surface area (Å²) in [5.74, 6) is 0.906. The Balaban J connectivity index is 2.10. The van der Waals surface area contributed by atoms with E-state index in [2.05, 4.69) is 29.4 Å². The van der Waals surface area contributed by atoms with Gasteiger partial charge < -0.3 is 10.5 Å². The van der Waals surface area contributed by atoms with Crippen molar-refractivity contribution >= 4 is 0 Å². The van der Waals surface area contributed by atoms with Crippen LogP contribution in [0.3, 0.4) is 0 Å². The first kappa shape index (κ1) is 16.3. The second-order valence-electron chi connectivity index (χ2n) is 5.72. The topological polar surface area (TPSA) is 53.1 Å². The van der Waals surface area contributed by atoms with Crippen molar-refractivity contribution in [3.63, 3.8) is 0 Å². The molecule has 0 saturated carbocycles. The lowest BCUT2D eigenvalue weighted by molar-refractivity contribution is 0.335. The van der Waals surface area contributed by atoms with E-state index in [0.29, 0.717) is 13.2 Å². The number of aromatic nitrogens is 2. The Kier molecular flexibility index (Phi) is 4.96. The first-order valence-electron chi connectivity index (χ1n) is 8.28. The Morgan fingerprint density at radius 1 is 1.08 bits per heavy atom. The number of hydrogen-bond acceptors (Lipinski definition) is 3. The largest absolute Gasteiger partial charge is 0.494 e. The van der Waals surface area contributed by atoms with Gasteiger partial charge in [-0.05, 0) is 38.1 Å². The van der Waals surface area contributed by atoms with Gasteiger partial charge in [-0.15, -0.1) is 0 Å². The second kappa shape index (κ2) is 7.32. The third-order valence-corrected chi connectivity index (χ3v) is 4.05. The van der Waals surface area contributed by atoms with Crippen LogP contribution in [-0.2, 0) is 0 Å². The van der Waals surface area contributed by atoms with Crippen LogP contribution >= 0.6 is 0 Å². The van der Waals surface area contributed by atoms with E-state index in [1.807, 2.05) is 54.9 Å². The highest BCUT2D eigenvalue weighted by molar-refractivity contribution is 5.43. The van der Waals surface area contributed by atoms with Crippen LogP contribution in [0.15, 0.2) is 60.7 Å². The summed E-state index contributed by atoms with van der Waals surface area (Å²) in [5, 5.41) is 4.67. The molecule has 2 aromatic carbocycles. The molecule has 0 radical (unpaired) electrons. The van der Waals surface area contributed by atoms with Gasteiger partial charge in [0.25, 0.3) is 0 Å². The van der Waals surface area contributed by atoms with Crippen molar-refractivity contribution in [3.05, 3.63) is 77.6 Å². The molecule has 1 heterocycles. The molecule has 4 heteroatoms. The number of benzene rings is 2. The van der Waals surface area contributed by atoms with Crippen LogP contribution in [0.25, 0.3) is 5.69 Å². The van der Waals surface area contributed by atoms with Crippen LogP contribution in [0.4, 0.5) is 0 Å². The summed E-state index contributed by atoms with van der Waals surface area (Å²) < 4.78 is 7.79. The van der Waals surface area contributed by atoms with E-state index in [0.717, 1.165) is 28.4 Å². The molecule has 0 saturated heterocycles. The molecule has 4 nitrogen and oxygen atoms in total. The number of ether oxygens (including phenoxy) is 1. The van der Waals surface area contributed by atoms with Gasteiger partial charge >= 0.3 is 0 Å². The van der Waals surface area contributed by atoms with Crippen LogP contribution in [-0.4, -0.2) is 22.9 Å². The van der Waals surface area contributed by atoms with E-state index in [9.17, 15) is 0 Å². The minimum Gasteiger partial charge on any atom is -0.494 e. The lowest BCUT2D eigenvalue weighted by Gasteiger charge is -2.20. The summed E-state index contributed by atoms with van der Waals surface area (Å²) in [4.78, 5) is 0. The molecule has 0 aliphatic heterocycles. The fourth-order valence-electron chi connectivity index (χ4n) is 3.01. The third kappa shape index (κ3) is 3.19. The minimum absolute atomic E-state index is 0.0224. The summed E-state index contributed by atoms with van der Waals surface area (Å²) in [6, 6.07) is 20.3. The maximum Gasteiger partial charge on any atom is 0.123 e. The van der Waals surface area contributed by atoms with Crippen molar-refractivity contribution in [2.75, 3.05) is 13.2 Å². The fraction of sp³-hybridized carbons (Fsp3) is 0.250. The van der Waals surface area contributed by atoms with Gasteiger partial charge in [-0.2, -0.15) is 5.10 Å². The highest BCUT2D eigenvalue weighted by atomic mass is 16.5. The lowest BCUT2D eigenvalue weighted by Crippen LogP contribution is -2.18. The van der Waals surface area contributed by atoms with Crippen LogP contribution in [0.1, 0.15) is 29.8 Å². The molecule has 0 aliphatic carbocycles. The quantitative estimate of drug-likeness (QED) is 0.753. The predicted molar refractivity (Wildman–Crippen MR) is 96.8 cm³/mol. The van der Waals surface area contributed by atoms with Crippen molar-refractivity contribution in [1.82, 2.24) is 9.78 Å². The standard InChI is InChI=1S/C20H23N3O/c1-3-24-20-12-8-7-11-17(20)18(14-21)19-13-15(2)22-23(19)16-9-5-4-6-10-16/h4-13,18H,3,14,21H2,1-2H3. The van der Waals surface area contributed by atoms with E-state index in [1.54, 1.807) is 0 Å². The van der Waals surface area contributed by atoms with E-state index in [1.165, 1.54) is 0 Å². The fourth-order valence-corrected chi connectivity index (χ4v) is 3.01. The number of nitrogens with zero attached hydrogens (tertiary/aromatic N) is 2. The van der Waals surface area contributed by atoms with Crippen molar-refractivity contribution in [3.8, 4) is 11.4 Å². The summed E-state index contributed by atoms with van der Waals surface area (Å²) >= 11 is 0. The van der Waals surface area contributed by atoms with Crippen molar-refractivity contribution in [2.24, 2.45) is 5.73 Å². The average molecular weight is 321 g/mol. The Labute approximate surface area is 142 Å². The van der Waals surface area contributed by atoms with Gasteiger partial charge in [0.05, 0.1) is 23.7 Å². The predicted octanol–water partition coefficient (Wildman–Crippen LogP) is 3.67. The highest BCUT2D eigenvalue weighted by Crippen LogP contribution is 2.32. The van der Waals surface area contributed by atoms with Gasteiger partial charge in [0.1, 0.15) is 5.75 Å². The molecule has 0 bridgehead atoms. The van der Waals surface area contributed by atoms with Gasteiger partial charge in [-0.25, -0.2) is 4.68 Å². The molecule has 24 heavy (non-hydrogen) atoms. The molecule has 1 unspecified atom stereocenters. The number of rotatable bonds is 6. The molecular weight excluding hydrogens is 298 g/mol. The zero-order chi connectivity index (χ0) is 16.9. The molecular formula is C20H23N3O. The minimum atomic E-state index is 0.0224. The van der Waals surface area contributed by atoms with Crippen molar-refractivity contribution in [2.45, 2.75) is 19.8 Å². The second-order valence-corrected chi connectivity index (χ2v) is 5.72. The molecule has 0 fully saturated rings. The van der Waals surface area contributed by atoms with Gasteiger partial charge in [-0.1, -0.05) is 36.4 Å². The molecule has 0 aliphatic rings. The summed E-state index contributed by atoms with van der Waals surface area (Å²) in [6.07, 6.45) is 0. The molecule has 0 amide bonds. The summed E-state index contributed by atoms with van der Waals surface area (Å²) in [6.45, 7) is 5.12. The molecule has 1 aromatic heterocycles. The van der Waals surface area contributed by atoms with Crippen LogP contribution in [0.5, 0.6) is 5.75 Å². The Morgan fingerprint density at radius 3 is 2.50 bits per heavy atom. The van der Waals surface area contributed by atoms with E-state index in [-0.39, 0.29) is 5.92 Å². The first-order valence-corrected chi connectivity index (χ1v) is 8.28. The van der Waals surface area contributed by atoms with Gasteiger partial charge in [0, 0.05) is 18.0 Å². The molecule has 3 rings (SSSR count). The summed E-state index contributed by atoms with van der Waals surface area (Å²) in [5.41, 5.74) is 10.3. The number of hydrogen-bond donors (Lipinski definition) is 1. The zero-order valence-electron chi connectivity index (χ0n) is 14.1. The van der Waals surface area contributed by atoms with E-state index >= 15 is 0 Å².